The summed E-state index contributed by atoms with van der Waals surface area (Å²) in [7, 11) is 0. The van der Waals surface area contributed by atoms with Crippen LogP contribution >= 0.6 is 11.6 Å². The van der Waals surface area contributed by atoms with Gasteiger partial charge in [0.1, 0.15) is 5.75 Å². The molecule has 1 aromatic carbocycles. The van der Waals surface area contributed by atoms with Crippen LogP contribution in [0.4, 0.5) is 0 Å². The van der Waals surface area contributed by atoms with Gasteiger partial charge in [-0.2, -0.15) is 0 Å². The fraction of sp³-hybridized carbons (Fsp3) is 0.571. The van der Waals surface area contributed by atoms with Crippen molar-refractivity contribution < 1.29 is 4.74 Å². The minimum atomic E-state index is 0.168. The lowest BCUT2D eigenvalue weighted by atomic mass is 9.97. The predicted octanol–water partition coefficient (Wildman–Crippen LogP) is 3.31. The van der Waals surface area contributed by atoms with E-state index in [0.717, 1.165) is 31.9 Å². The Morgan fingerprint density at radius 1 is 1.24 bits per heavy atom. The van der Waals surface area contributed by atoms with E-state index in [-0.39, 0.29) is 5.41 Å². The molecule has 0 radical (unpaired) electrons. The number of nitrogens with one attached hydrogen (secondary N) is 1. The Labute approximate surface area is 109 Å². The van der Waals surface area contributed by atoms with Crippen LogP contribution in [0.1, 0.15) is 20.3 Å². The average molecular weight is 256 g/mol. The first-order chi connectivity index (χ1) is 8.14. The molecule has 1 rings (SSSR count). The molecule has 0 aliphatic rings. The second kappa shape index (κ2) is 7.57. The van der Waals surface area contributed by atoms with Crippen LogP contribution in [0, 0.1) is 5.41 Å². The molecule has 0 aromatic heterocycles. The van der Waals surface area contributed by atoms with Gasteiger partial charge < -0.3 is 10.1 Å². The lowest BCUT2D eigenvalue weighted by molar-refractivity contribution is 0.301. The van der Waals surface area contributed by atoms with Crippen molar-refractivity contribution in [1.82, 2.24) is 5.32 Å². The van der Waals surface area contributed by atoms with Gasteiger partial charge >= 0.3 is 0 Å². The predicted molar refractivity (Wildman–Crippen MR) is 73.9 cm³/mol. The number of benzene rings is 1. The normalized spacial score (nSPS) is 11.5. The highest BCUT2D eigenvalue weighted by atomic mass is 35.5. The number of hydrogen-bond donors (Lipinski definition) is 1. The van der Waals surface area contributed by atoms with Crippen LogP contribution in [0.15, 0.2) is 30.3 Å². The third kappa shape index (κ3) is 6.54. The molecule has 0 heterocycles. The van der Waals surface area contributed by atoms with E-state index in [9.17, 15) is 0 Å². The van der Waals surface area contributed by atoms with Crippen molar-refractivity contribution in [3.05, 3.63) is 30.3 Å². The standard InChI is InChI=1S/C14H22ClNO/c1-14(2,11-15)12-16-9-6-10-17-13-7-4-3-5-8-13/h3-5,7-8,16H,6,9-12H2,1-2H3. The molecule has 0 aliphatic carbocycles. The maximum Gasteiger partial charge on any atom is 0.119 e. The monoisotopic (exact) mass is 255 g/mol. The van der Waals surface area contributed by atoms with Gasteiger partial charge in [-0.15, -0.1) is 11.6 Å². The van der Waals surface area contributed by atoms with Crippen LogP contribution in [-0.2, 0) is 0 Å². The fourth-order valence-electron chi connectivity index (χ4n) is 1.38. The SMILES string of the molecule is CC(C)(CCl)CNCCCOc1ccccc1. The van der Waals surface area contributed by atoms with Crippen molar-refractivity contribution in [2.75, 3.05) is 25.6 Å². The zero-order valence-electron chi connectivity index (χ0n) is 10.7. The number of hydrogen-bond acceptors (Lipinski definition) is 2. The second-order valence-electron chi connectivity index (χ2n) is 4.99. The summed E-state index contributed by atoms with van der Waals surface area (Å²) in [5.74, 6) is 1.62. The Hall–Kier alpha value is -0.730. The zero-order chi connectivity index (χ0) is 12.6. The third-order valence-electron chi connectivity index (χ3n) is 2.48. The minimum absolute atomic E-state index is 0.168. The molecule has 2 nitrogen and oxygen atoms in total. The van der Waals surface area contributed by atoms with E-state index in [0.29, 0.717) is 5.88 Å². The van der Waals surface area contributed by atoms with Crippen molar-refractivity contribution in [2.24, 2.45) is 5.41 Å². The molecule has 3 heteroatoms. The van der Waals surface area contributed by atoms with Crippen molar-refractivity contribution >= 4 is 11.6 Å². The molecule has 0 bridgehead atoms. The Balaban J connectivity index is 2.02. The summed E-state index contributed by atoms with van der Waals surface area (Å²) in [6.07, 6.45) is 1.01. The summed E-state index contributed by atoms with van der Waals surface area (Å²) in [6, 6.07) is 9.91. The summed E-state index contributed by atoms with van der Waals surface area (Å²) in [6.45, 7) is 6.98. The third-order valence-corrected chi connectivity index (χ3v) is 3.20. The van der Waals surface area contributed by atoms with E-state index in [1.807, 2.05) is 30.3 Å². The molecule has 0 amide bonds. The number of para-hydroxylation sites is 1. The second-order valence-corrected chi connectivity index (χ2v) is 5.26. The Bertz CT molecular complexity index is 300. The molecule has 0 atom stereocenters. The first-order valence-electron chi connectivity index (χ1n) is 6.08. The summed E-state index contributed by atoms with van der Waals surface area (Å²) in [5.41, 5.74) is 0.168. The van der Waals surface area contributed by atoms with E-state index in [4.69, 9.17) is 16.3 Å². The molecular formula is C14H22ClNO. The first kappa shape index (κ1) is 14.3. The van der Waals surface area contributed by atoms with Crippen LogP contribution in [0.3, 0.4) is 0 Å². The van der Waals surface area contributed by atoms with Gasteiger partial charge in [0.15, 0.2) is 0 Å². The molecule has 0 saturated carbocycles. The van der Waals surface area contributed by atoms with E-state index in [1.165, 1.54) is 0 Å². The van der Waals surface area contributed by atoms with Gasteiger partial charge in [0.2, 0.25) is 0 Å². The summed E-state index contributed by atoms with van der Waals surface area (Å²) in [5, 5.41) is 3.40. The number of rotatable bonds is 8. The van der Waals surface area contributed by atoms with E-state index in [2.05, 4.69) is 19.2 Å². The van der Waals surface area contributed by atoms with E-state index < -0.39 is 0 Å². The molecular weight excluding hydrogens is 234 g/mol. The molecule has 1 aromatic rings. The smallest absolute Gasteiger partial charge is 0.119 e. The van der Waals surface area contributed by atoms with Gasteiger partial charge in [0.05, 0.1) is 6.61 Å². The van der Waals surface area contributed by atoms with Gasteiger partial charge in [-0.3, -0.25) is 0 Å². The Kier molecular flexibility index (Phi) is 6.38. The quantitative estimate of drug-likeness (QED) is 0.568. The van der Waals surface area contributed by atoms with Crippen LogP contribution in [0.25, 0.3) is 0 Å². The maximum atomic E-state index is 5.85. The highest BCUT2D eigenvalue weighted by Crippen LogP contribution is 2.14. The van der Waals surface area contributed by atoms with Crippen molar-refractivity contribution in [3.63, 3.8) is 0 Å². The van der Waals surface area contributed by atoms with Gasteiger partial charge in [-0.05, 0) is 30.5 Å². The average Bonchev–Trinajstić information content (AvgIpc) is 2.35. The molecule has 0 fully saturated rings. The zero-order valence-corrected chi connectivity index (χ0v) is 11.5. The largest absolute Gasteiger partial charge is 0.494 e. The van der Waals surface area contributed by atoms with Crippen molar-refractivity contribution in [3.8, 4) is 5.75 Å². The maximum absolute atomic E-state index is 5.85. The van der Waals surface area contributed by atoms with Gasteiger partial charge in [0, 0.05) is 12.4 Å². The highest BCUT2D eigenvalue weighted by molar-refractivity contribution is 6.18. The molecule has 0 unspecified atom stereocenters. The van der Waals surface area contributed by atoms with E-state index in [1.54, 1.807) is 0 Å². The Morgan fingerprint density at radius 3 is 2.59 bits per heavy atom. The highest BCUT2D eigenvalue weighted by Gasteiger charge is 2.14. The number of alkyl halides is 1. The Morgan fingerprint density at radius 2 is 1.94 bits per heavy atom. The van der Waals surface area contributed by atoms with E-state index >= 15 is 0 Å². The molecule has 17 heavy (non-hydrogen) atoms. The summed E-state index contributed by atoms with van der Waals surface area (Å²) < 4.78 is 5.60. The fourth-order valence-corrected chi connectivity index (χ4v) is 1.47. The number of ether oxygens (including phenoxy) is 1. The first-order valence-corrected chi connectivity index (χ1v) is 6.62. The van der Waals surface area contributed by atoms with Crippen LogP contribution in [0.5, 0.6) is 5.75 Å². The van der Waals surface area contributed by atoms with Gasteiger partial charge in [-0.25, -0.2) is 0 Å². The van der Waals surface area contributed by atoms with Crippen LogP contribution in [-0.4, -0.2) is 25.6 Å². The minimum Gasteiger partial charge on any atom is -0.494 e. The van der Waals surface area contributed by atoms with Crippen LogP contribution < -0.4 is 10.1 Å². The molecule has 96 valence electrons. The molecule has 0 saturated heterocycles. The molecule has 0 spiro atoms. The lowest BCUT2D eigenvalue weighted by Crippen LogP contribution is -2.31. The van der Waals surface area contributed by atoms with Gasteiger partial charge in [0.25, 0.3) is 0 Å². The number of halogens is 1. The lowest BCUT2D eigenvalue weighted by Gasteiger charge is -2.21. The van der Waals surface area contributed by atoms with Gasteiger partial charge in [-0.1, -0.05) is 32.0 Å². The van der Waals surface area contributed by atoms with Crippen LogP contribution in [0.2, 0.25) is 0 Å². The molecule has 0 aliphatic heterocycles. The van der Waals surface area contributed by atoms with Crippen molar-refractivity contribution in [2.45, 2.75) is 20.3 Å². The topological polar surface area (TPSA) is 21.3 Å². The van der Waals surface area contributed by atoms with Crippen molar-refractivity contribution in [1.29, 1.82) is 0 Å². The molecule has 1 N–H and O–H groups in total. The summed E-state index contributed by atoms with van der Waals surface area (Å²) >= 11 is 5.85. The summed E-state index contributed by atoms with van der Waals surface area (Å²) in [4.78, 5) is 0.